The van der Waals surface area contributed by atoms with E-state index in [0.717, 1.165) is 0 Å². The summed E-state index contributed by atoms with van der Waals surface area (Å²) in [4.78, 5) is 0. The molecule has 84 valence electrons. The van der Waals surface area contributed by atoms with Gasteiger partial charge in [0.2, 0.25) is 0 Å². The molecule has 4 nitrogen and oxygen atoms in total. The Morgan fingerprint density at radius 1 is 1.21 bits per heavy atom. The molecule has 0 aliphatic carbocycles. The highest BCUT2D eigenvalue weighted by molar-refractivity contribution is 7.51. The SMILES string of the molecule is CC1(C)COP(=O)(NC(C)(C)C)OC1. The van der Waals surface area contributed by atoms with Crippen molar-refractivity contribution in [3.63, 3.8) is 0 Å². The topological polar surface area (TPSA) is 47.6 Å². The monoisotopic (exact) mass is 221 g/mol. The van der Waals surface area contributed by atoms with Crippen LogP contribution in [-0.2, 0) is 13.6 Å². The largest absolute Gasteiger partial charge is 0.405 e. The van der Waals surface area contributed by atoms with E-state index in [0.29, 0.717) is 13.2 Å². The molecule has 1 saturated heterocycles. The van der Waals surface area contributed by atoms with E-state index in [4.69, 9.17) is 9.05 Å². The van der Waals surface area contributed by atoms with Gasteiger partial charge in [-0.05, 0) is 20.8 Å². The highest BCUT2D eigenvalue weighted by Gasteiger charge is 2.38. The van der Waals surface area contributed by atoms with Crippen LogP contribution >= 0.6 is 7.75 Å². The molecule has 0 aromatic carbocycles. The van der Waals surface area contributed by atoms with Gasteiger partial charge in [0.1, 0.15) is 0 Å². The predicted molar refractivity (Wildman–Crippen MR) is 56.2 cm³/mol. The van der Waals surface area contributed by atoms with Crippen LogP contribution in [0, 0.1) is 5.41 Å². The molecule has 0 unspecified atom stereocenters. The van der Waals surface area contributed by atoms with E-state index in [2.05, 4.69) is 5.09 Å². The summed E-state index contributed by atoms with van der Waals surface area (Å²) in [7, 11) is -3.06. The maximum Gasteiger partial charge on any atom is 0.405 e. The average Bonchev–Trinajstić information content (AvgIpc) is 1.93. The van der Waals surface area contributed by atoms with Crippen molar-refractivity contribution < 1.29 is 13.6 Å². The molecule has 0 spiro atoms. The van der Waals surface area contributed by atoms with Crippen molar-refractivity contribution >= 4 is 7.75 Å². The molecule has 0 aromatic rings. The lowest BCUT2D eigenvalue weighted by atomic mass is 9.97. The summed E-state index contributed by atoms with van der Waals surface area (Å²) in [6.45, 7) is 10.8. The van der Waals surface area contributed by atoms with E-state index in [1.54, 1.807) is 0 Å². The van der Waals surface area contributed by atoms with Gasteiger partial charge >= 0.3 is 7.75 Å². The van der Waals surface area contributed by atoms with E-state index >= 15 is 0 Å². The Hall–Kier alpha value is 0.110. The molecule has 0 amide bonds. The van der Waals surface area contributed by atoms with Gasteiger partial charge in [-0.25, -0.2) is 9.65 Å². The minimum Gasteiger partial charge on any atom is -0.296 e. The van der Waals surface area contributed by atoms with Crippen LogP contribution in [-0.4, -0.2) is 18.8 Å². The molecule has 1 N–H and O–H groups in total. The quantitative estimate of drug-likeness (QED) is 0.691. The first-order chi connectivity index (χ1) is 6.12. The molecule has 0 radical (unpaired) electrons. The first-order valence-corrected chi connectivity index (χ1v) is 6.35. The van der Waals surface area contributed by atoms with E-state index in [1.807, 2.05) is 34.6 Å². The van der Waals surface area contributed by atoms with Crippen LogP contribution in [0.3, 0.4) is 0 Å². The van der Waals surface area contributed by atoms with Gasteiger partial charge < -0.3 is 0 Å². The highest BCUT2D eigenvalue weighted by atomic mass is 31.2. The van der Waals surface area contributed by atoms with E-state index < -0.39 is 7.75 Å². The third-order valence-electron chi connectivity index (χ3n) is 1.72. The fourth-order valence-corrected chi connectivity index (χ4v) is 3.14. The summed E-state index contributed by atoms with van der Waals surface area (Å²) < 4.78 is 22.5. The number of hydrogen-bond acceptors (Lipinski definition) is 3. The lowest BCUT2D eigenvalue weighted by Gasteiger charge is -2.36. The fraction of sp³-hybridized carbons (Fsp3) is 1.00. The molecule has 0 bridgehead atoms. The molecular formula is C9H20NO3P. The molecule has 1 heterocycles. The normalized spacial score (nSPS) is 26.1. The molecule has 0 atom stereocenters. The number of rotatable bonds is 1. The van der Waals surface area contributed by atoms with Gasteiger partial charge in [0, 0.05) is 11.0 Å². The number of nitrogens with one attached hydrogen (secondary N) is 1. The van der Waals surface area contributed by atoms with E-state index in [1.165, 1.54) is 0 Å². The predicted octanol–water partition coefficient (Wildman–Crippen LogP) is 2.56. The van der Waals surface area contributed by atoms with Gasteiger partial charge in [0.05, 0.1) is 13.2 Å². The van der Waals surface area contributed by atoms with Crippen molar-refractivity contribution in [2.45, 2.75) is 40.2 Å². The smallest absolute Gasteiger partial charge is 0.296 e. The molecular weight excluding hydrogens is 201 g/mol. The zero-order chi connectivity index (χ0) is 11.0. The zero-order valence-corrected chi connectivity index (χ0v) is 10.5. The lowest BCUT2D eigenvalue weighted by Crippen LogP contribution is -2.39. The third-order valence-corrected chi connectivity index (χ3v) is 3.61. The molecule has 0 aromatic heterocycles. The van der Waals surface area contributed by atoms with Crippen molar-refractivity contribution in [1.29, 1.82) is 0 Å². The fourth-order valence-electron chi connectivity index (χ4n) is 1.07. The van der Waals surface area contributed by atoms with Crippen LogP contribution in [0.2, 0.25) is 0 Å². The first-order valence-electron chi connectivity index (χ1n) is 4.81. The lowest BCUT2D eigenvalue weighted by molar-refractivity contribution is 0.0345. The Balaban J connectivity index is 2.59. The van der Waals surface area contributed by atoms with Crippen molar-refractivity contribution in [2.75, 3.05) is 13.2 Å². The van der Waals surface area contributed by atoms with Gasteiger partial charge in [0.15, 0.2) is 0 Å². The molecule has 0 saturated carbocycles. The number of hydrogen-bond donors (Lipinski definition) is 1. The summed E-state index contributed by atoms with van der Waals surface area (Å²) in [6, 6.07) is 0. The standard InChI is InChI=1S/C9H20NO3P/c1-8(2,3)10-14(11)12-6-9(4,5)7-13-14/h6-7H2,1-5H3,(H,10,11). The van der Waals surface area contributed by atoms with Crippen LogP contribution in [0.4, 0.5) is 0 Å². The Bertz CT molecular complexity index is 243. The van der Waals surface area contributed by atoms with Crippen LogP contribution in [0.1, 0.15) is 34.6 Å². The van der Waals surface area contributed by atoms with Crippen LogP contribution in [0.5, 0.6) is 0 Å². The Morgan fingerprint density at radius 2 is 1.64 bits per heavy atom. The molecule has 1 rings (SSSR count). The summed E-state index contributed by atoms with van der Waals surface area (Å²) in [6.07, 6.45) is 0. The van der Waals surface area contributed by atoms with Gasteiger partial charge in [-0.2, -0.15) is 0 Å². The Kier molecular flexibility index (Phi) is 3.13. The van der Waals surface area contributed by atoms with Crippen LogP contribution in [0.15, 0.2) is 0 Å². The second kappa shape index (κ2) is 3.60. The van der Waals surface area contributed by atoms with Crippen molar-refractivity contribution in [1.82, 2.24) is 5.09 Å². The Labute approximate surface area is 85.9 Å². The summed E-state index contributed by atoms with van der Waals surface area (Å²) in [5, 5.41) is 2.88. The second-order valence-electron chi connectivity index (χ2n) is 5.57. The van der Waals surface area contributed by atoms with Gasteiger partial charge in [0.25, 0.3) is 0 Å². The molecule has 5 heteroatoms. The zero-order valence-electron chi connectivity index (χ0n) is 9.59. The van der Waals surface area contributed by atoms with Gasteiger partial charge in [-0.15, -0.1) is 0 Å². The third kappa shape index (κ3) is 3.70. The van der Waals surface area contributed by atoms with Gasteiger partial charge in [-0.3, -0.25) is 9.05 Å². The molecule has 1 aliphatic rings. The molecule has 1 fully saturated rings. The minimum absolute atomic E-state index is 0.0481. The van der Waals surface area contributed by atoms with Crippen molar-refractivity contribution in [2.24, 2.45) is 5.41 Å². The van der Waals surface area contributed by atoms with E-state index in [9.17, 15) is 4.57 Å². The average molecular weight is 221 g/mol. The van der Waals surface area contributed by atoms with Crippen LogP contribution < -0.4 is 5.09 Å². The maximum atomic E-state index is 12.0. The summed E-state index contributed by atoms with van der Waals surface area (Å²) in [5.74, 6) is 0. The van der Waals surface area contributed by atoms with Crippen molar-refractivity contribution in [3.05, 3.63) is 0 Å². The summed E-state index contributed by atoms with van der Waals surface area (Å²) >= 11 is 0. The van der Waals surface area contributed by atoms with E-state index in [-0.39, 0.29) is 11.0 Å². The molecule has 1 aliphatic heterocycles. The summed E-state index contributed by atoms with van der Waals surface area (Å²) in [5.41, 5.74) is -0.315. The highest BCUT2D eigenvalue weighted by Crippen LogP contribution is 2.51. The minimum atomic E-state index is -3.06. The first kappa shape index (κ1) is 12.2. The van der Waals surface area contributed by atoms with Crippen molar-refractivity contribution in [3.8, 4) is 0 Å². The van der Waals surface area contributed by atoms with Gasteiger partial charge in [-0.1, -0.05) is 13.8 Å². The van der Waals surface area contributed by atoms with Crippen LogP contribution in [0.25, 0.3) is 0 Å². The Morgan fingerprint density at radius 3 is 2.00 bits per heavy atom. The second-order valence-corrected chi connectivity index (χ2v) is 7.31. The molecule has 14 heavy (non-hydrogen) atoms. The maximum absolute atomic E-state index is 12.0.